The van der Waals surface area contributed by atoms with Gasteiger partial charge < -0.3 is 9.32 Å². The average molecular weight is 504 g/mol. The summed E-state index contributed by atoms with van der Waals surface area (Å²) in [6, 6.07) is 46.7. The summed E-state index contributed by atoms with van der Waals surface area (Å²) in [5.41, 5.74) is 8.96. The van der Waals surface area contributed by atoms with Gasteiger partial charge >= 0.3 is 0 Å². The largest absolute Gasteiger partial charge is 0.460 e. The summed E-state index contributed by atoms with van der Waals surface area (Å²) in [5, 5.41) is 1.12. The lowest BCUT2D eigenvalue weighted by Crippen LogP contribution is -2.09. The number of allylic oxidation sites excluding steroid dienone is 2. The molecule has 6 aromatic rings. The van der Waals surface area contributed by atoms with Gasteiger partial charge in [-0.05, 0) is 59.2 Å². The summed E-state index contributed by atoms with van der Waals surface area (Å²) in [6.07, 6.45) is 6.55. The van der Waals surface area contributed by atoms with Crippen LogP contribution in [-0.2, 0) is 6.42 Å². The minimum atomic E-state index is 0.711. The van der Waals surface area contributed by atoms with Gasteiger partial charge in [-0.15, -0.1) is 0 Å². The number of benzene rings is 5. The van der Waals surface area contributed by atoms with Crippen LogP contribution < -0.4 is 4.90 Å². The second-order valence-electron chi connectivity index (χ2n) is 9.46. The molecule has 0 aliphatic rings. The van der Waals surface area contributed by atoms with E-state index in [-0.39, 0.29) is 0 Å². The van der Waals surface area contributed by atoms with Crippen molar-refractivity contribution in [3.63, 3.8) is 0 Å². The Morgan fingerprint density at radius 3 is 1.85 bits per heavy atom. The maximum Gasteiger partial charge on any atom is 0.134 e. The molecule has 5 aromatic carbocycles. The van der Waals surface area contributed by atoms with Gasteiger partial charge in [-0.25, -0.2) is 0 Å². The summed E-state index contributed by atoms with van der Waals surface area (Å²) in [6.45, 7) is 3.83. The number of rotatable bonds is 8. The standard InChI is InChI=1S/C37H29NO/c1-2-3-16-35-34-17-10-11-18-36(34)39-37(35)27-28-19-23-32(24-20-28)38(31-14-8-5-9-15-31)33-25-21-30(22-26-33)29-12-6-4-7-13-29/h2-26H,1,27H2/b16-3-. The molecular weight excluding hydrogens is 474 g/mol. The van der Waals surface area contributed by atoms with Crippen LogP contribution >= 0.6 is 0 Å². The van der Waals surface area contributed by atoms with Crippen LogP contribution in [0.25, 0.3) is 28.2 Å². The highest BCUT2D eigenvalue weighted by Crippen LogP contribution is 2.36. The number of hydrogen-bond acceptors (Lipinski definition) is 2. The highest BCUT2D eigenvalue weighted by Gasteiger charge is 2.15. The number of hydrogen-bond donors (Lipinski definition) is 0. The fraction of sp³-hybridized carbons (Fsp3) is 0.0270. The zero-order chi connectivity index (χ0) is 26.4. The molecule has 6 rings (SSSR count). The Labute approximate surface area is 229 Å². The van der Waals surface area contributed by atoms with Gasteiger partial charge in [-0.3, -0.25) is 0 Å². The van der Waals surface area contributed by atoms with Gasteiger partial charge in [-0.1, -0.05) is 116 Å². The van der Waals surface area contributed by atoms with E-state index in [1.54, 1.807) is 6.08 Å². The topological polar surface area (TPSA) is 16.4 Å². The number of para-hydroxylation sites is 2. The van der Waals surface area contributed by atoms with Crippen LogP contribution in [0.3, 0.4) is 0 Å². The molecule has 1 heterocycles. The van der Waals surface area contributed by atoms with E-state index in [1.807, 2.05) is 30.3 Å². The highest BCUT2D eigenvalue weighted by atomic mass is 16.3. The molecule has 0 radical (unpaired) electrons. The van der Waals surface area contributed by atoms with E-state index in [1.165, 1.54) is 16.7 Å². The van der Waals surface area contributed by atoms with E-state index in [4.69, 9.17) is 4.42 Å². The predicted molar refractivity (Wildman–Crippen MR) is 165 cm³/mol. The Morgan fingerprint density at radius 1 is 0.590 bits per heavy atom. The molecule has 0 spiro atoms. The number of anilines is 3. The van der Waals surface area contributed by atoms with Crippen LogP contribution in [0.4, 0.5) is 17.1 Å². The molecule has 0 amide bonds. The maximum atomic E-state index is 6.27. The van der Waals surface area contributed by atoms with Gasteiger partial charge in [0.25, 0.3) is 0 Å². The molecule has 39 heavy (non-hydrogen) atoms. The van der Waals surface area contributed by atoms with Crippen LogP contribution in [0.2, 0.25) is 0 Å². The normalized spacial score (nSPS) is 11.2. The zero-order valence-electron chi connectivity index (χ0n) is 21.7. The third kappa shape index (κ3) is 5.18. The molecule has 0 N–H and O–H groups in total. The van der Waals surface area contributed by atoms with Crippen LogP contribution in [0.15, 0.2) is 157 Å². The first kappa shape index (κ1) is 24.3. The molecule has 1 aromatic heterocycles. The molecule has 0 unspecified atom stereocenters. The van der Waals surface area contributed by atoms with Crippen LogP contribution in [0.1, 0.15) is 16.9 Å². The SMILES string of the molecule is C=C/C=C\c1c(Cc2ccc(N(c3ccccc3)c3ccc(-c4ccccc4)cc3)cc2)oc2ccccc12. The summed E-state index contributed by atoms with van der Waals surface area (Å²) in [7, 11) is 0. The maximum absolute atomic E-state index is 6.27. The first-order valence-corrected chi connectivity index (χ1v) is 13.2. The van der Waals surface area contributed by atoms with E-state index >= 15 is 0 Å². The smallest absolute Gasteiger partial charge is 0.134 e. The Kier molecular flexibility index (Phi) is 6.92. The van der Waals surface area contributed by atoms with Crippen molar-refractivity contribution in [1.29, 1.82) is 0 Å². The summed E-state index contributed by atoms with van der Waals surface area (Å²) >= 11 is 0. The number of fused-ring (bicyclic) bond motifs is 1. The molecule has 0 saturated heterocycles. The van der Waals surface area contributed by atoms with Gasteiger partial charge in [0.1, 0.15) is 11.3 Å². The van der Waals surface area contributed by atoms with Gasteiger partial charge in [0, 0.05) is 34.4 Å². The van der Waals surface area contributed by atoms with Gasteiger partial charge in [0.05, 0.1) is 0 Å². The van der Waals surface area contributed by atoms with Crippen LogP contribution in [0, 0.1) is 0 Å². The van der Waals surface area contributed by atoms with E-state index in [0.29, 0.717) is 6.42 Å². The molecule has 0 aliphatic heterocycles. The van der Waals surface area contributed by atoms with Crippen molar-refractivity contribution < 1.29 is 4.42 Å². The van der Waals surface area contributed by atoms with Crippen molar-refractivity contribution in [3.8, 4) is 11.1 Å². The fourth-order valence-electron chi connectivity index (χ4n) is 5.00. The minimum absolute atomic E-state index is 0.711. The van der Waals surface area contributed by atoms with E-state index < -0.39 is 0 Å². The summed E-state index contributed by atoms with van der Waals surface area (Å²) in [5.74, 6) is 0.957. The quantitative estimate of drug-likeness (QED) is 0.192. The van der Waals surface area contributed by atoms with E-state index in [2.05, 4.69) is 127 Å². The van der Waals surface area contributed by atoms with Gasteiger partial charge in [-0.2, -0.15) is 0 Å². The summed E-state index contributed by atoms with van der Waals surface area (Å²) < 4.78 is 6.27. The number of nitrogens with zero attached hydrogens (tertiary/aromatic N) is 1. The van der Waals surface area contributed by atoms with Gasteiger partial charge in [0.15, 0.2) is 0 Å². The first-order valence-electron chi connectivity index (χ1n) is 13.2. The average Bonchev–Trinajstić information content (AvgIpc) is 3.35. The van der Waals surface area contributed by atoms with Crippen molar-refractivity contribution in [2.24, 2.45) is 0 Å². The van der Waals surface area contributed by atoms with E-state index in [9.17, 15) is 0 Å². The number of furan rings is 1. The van der Waals surface area contributed by atoms with Crippen LogP contribution in [-0.4, -0.2) is 0 Å². The Hall–Kier alpha value is -5.08. The molecule has 0 fully saturated rings. The Morgan fingerprint density at radius 2 is 1.15 bits per heavy atom. The molecule has 188 valence electrons. The lowest BCUT2D eigenvalue weighted by atomic mass is 10.0. The Balaban J connectivity index is 1.32. The predicted octanol–water partition coefficient (Wildman–Crippen LogP) is 10.4. The van der Waals surface area contributed by atoms with Gasteiger partial charge in [0.2, 0.25) is 0 Å². The van der Waals surface area contributed by atoms with E-state index in [0.717, 1.165) is 39.4 Å². The van der Waals surface area contributed by atoms with Crippen molar-refractivity contribution in [3.05, 3.63) is 169 Å². The zero-order valence-corrected chi connectivity index (χ0v) is 21.7. The lowest BCUT2D eigenvalue weighted by Gasteiger charge is -2.26. The summed E-state index contributed by atoms with van der Waals surface area (Å²) in [4.78, 5) is 2.29. The second-order valence-corrected chi connectivity index (χ2v) is 9.46. The fourth-order valence-corrected chi connectivity index (χ4v) is 5.00. The molecule has 0 atom stereocenters. The van der Waals surface area contributed by atoms with Crippen molar-refractivity contribution >= 4 is 34.1 Å². The minimum Gasteiger partial charge on any atom is -0.460 e. The lowest BCUT2D eigenvalue weighted by molar-refractivity contribution is 0.561. The molecule has 0 aliphatic carbocycles. The molecule has 0 saturated carbocycles. The molecule has 2 heteroatoms. The molecule has 2 nitrogen and oxygen atoms in total. The van der Waals surface area contributed by atoms with Crippen molar-refractivity contribution in [2.45, 2.75) is 6.42 Å². The third-order valence-corrected chi connectivity index (χ3v) is 6.92. The first-order chi connectivity index (χ1) is 19.3. The van der Waals surface area contributed by atoms with Crippen molar-refractivity contribution in [1.82, 2.24) is 0 Å². The Bertz CT molecular complexity index is 1710. The second kappa shape index (κ2) is 11.1. The third-order valence-electron chi connectivity index (χ3n) is 6.92. The highest BCUT2D eigenvalue weighted by molar-refractivity contribution is 5.89. The molecular formula is C37H29NO. The van der Waals surface area contributed by atoms with Crippen molar-refractivity contribution in [2.75, 3.05) is 4.90 Å². The monoisotopic (exact) mass is 503 g/mol. The van der Waals surface area contributed by atoms with Crippen LogP contribution in [0.5, 0.6) is 0 Å². The molecule has 0 bridgehead atoms.